The Balaban J connectivity index is 2.40. The van der Waals surface area contributed by atoms with Gasteiger partial charge in [-0.1, -0.05) is 46.6 Å². The molecule has 2 atom stereocenters. The van der Waals surface area contributed by atoms with Gasteiger partial charge in [0.25, 0.3) is 0 Å². The molecular formula is C14H19Br. The van der Waals surface area contributed by atoms with Crippen LogP contribution in [0.4, 0.5) is 0 Å². The first-order chi connectivity index (χ1) is 7.01. The zero-order valence-corrected chi connectivity index (χ0v) is 11.4. The predicted molar refractivity (Wildman–Crippen MR) is 69.8 cm³/mol. The summed E-state index contributed by atoms with van der Waals surface area (Å²) < 4.78 is 0. The van der Waals surface area contributed by atoms with E-state index in [9.17, 15) is 0 Å². The van der Waals surface area contributed by atoms with E-state index >= 15 is 0 Å². The van der Waals surface area contributed by atoms with E-state index in [0.717, 1.165) is 0 Å². The zero-order valence-electron chi connectivity index (χ0n) is 9.81. The smallest absolute Gasteiger partial charge is 0.0154 e. The molecule has 0 saturated heterocycles. The Hall–Kier alpha value is -0.300. The lowest BCUT2D eigenvalue weighted by atomic mass is 9.78. The van der Waals surface area contributed by atoms with Gasteiger partial charge in [0.05, 0.1) is 0 Å². The third kappa shape index (κ3) is 2.13. The largest absolute Gasteiger partial charge is 0.0890 e. The predicted octanol–water partition coefficient (Wildman–Crippen LogP) is 4.51. The second-order valence-electron chi connectivity index (χ2n) is 5.22. The van der Waals surface area contributed by atoms with Gasteiger partial charge >= 0.3 is 0 Å². The highest BCUT2D eigenvalue weighted by atomic mass is 79.9. The average molecular weight is 267 g/mol. The van der Waals surface area contributed by atoms with Crippen molar-refractivity contribution in [3.05, 3.63) is 34.9 Å². The van der Waals surface area contributed by atoms with Gasteiger partial charge < -0.3 is 0 Å². The second kappa shape index (κ2) is 3.93. The number of halogens is 1. The lowest BCUT2D eigenvalue weighted by Crippen LogP contribution is -2.19. The van der Waals surface area contributed by atoms with Crippen molar-refractivity contribution in [1.82, 2.24) is 0 Å². The molecule has 1 heteroatoms. The first-order valence-corrected chi connectivity index (χ1v) is 6.65. The Bertz CT molecular complexity index is 370. The first kappa shape index (κ1) is 11.2. The highest BCUT2D eigenvalue weighted by Crippen LogP contribution is 2.44. The summed E-state index contributed by atoms with van der Waals surface area (Å²) in [4.78, 5) is 0.711. The van der Waals surface area contributed by atoms with Crippen LogP contribution in [0, 0.1) is 13.8 Å². The van der Waals surface area contributed by atoms with Crippen molar-refractivity contribution in [3.63, 3.8) is 0 Å². The van der Waals surface area contributed by atoms with Gasteiger partial charge in [-0.15, -0.1) is 0 Å². The molecule has 0 amide bonds. The minimum absolute atomic E-state index is 0.393. The fourth-order valence-corrected chi connectivity index (χ4v) is 3.74. The van der Waals surface area contributed by atoms with Crippen LogP contribution in [0.1, 0.15) is 42.9 Å². The Labute approximate surface area is 101 Å². The van der Waals surface area contributed by atoms with E-state index in [-0.39, 0.29) is 0 Å². The summed E-state index contributed by atoms with van der Waals surface area (Å²) in [5, 5.41) is 0. The van der Waals surface area contributed by atoms with E-state index in [0.29, 0.717) is 10.2 Å². The van der Waals surface area contributed by atoms with E-state index in [4.69, 9.17) is 0 Å². The molecule has 1 aromatic carbocycles. The van der Waals surface area contributed by atoms with Gasteiger partial charge in [-0.3, -0.25) is 0 Å². The molecule has 1 aromatic rings. The molecule has 1 saturated carbocycles. The summed E-state index contributed by atoms with van der Waals surface area (Å²) in [5.41, 5.74) is 4.79. The molecule has 2 unspecified atom stereocenters. The van der Waals surface area contributed by atoms with Gasteiger partial charge in [-0.05, 0) is 49.7 Å². The van der Waals surface area contributed by atoms with Crippen LogP contribution in [0.25, 0.3) is 0 Å². The molecule has 15 heavy (non-hydrogen) atoms. The van der Waals surface area contributed by atoms with E-state index < -0.39 is 0 Å². The van der Waals surface area contributed by atoms with Gasteiger partial charge in [0.15, 0.2) is 0 Å². The third-order valence-electron chi connectivity index (χ3n) is 3.72. The summed E-state index contributed by atoms with van der Waals surface area (Å²) in [6.07, 6.45) is 3.90. The molecule has 0 spiro atoms. The maximum atomic E-state index is 3.75. The summed E-state index contributed by atoms with van der Waals surface area (Å²) >= 11 is 3.75. The SMILES string of the molecule is Cc1ccc(C)c(C2(C)CCC(Br)C2)c1. The molecule has 0 aliphatic heterocycles. The molecule has 2 rings (SSSR count). The van der Waals surface area contributed by atoms with E-state index in [2.05, 4.69) is 54.9 Å². The number of hydrogen-bond donors (Lipinski definition) is 0. The van der Waals surface area contributed by atoms with Crippen molar-refractivity contribution in [2.45, 2.75) is 50.3 Å². The maximum Gasteiger partial charge on any atom is 0.0154 e. The molecule has 1 aliphatic carbocycles. The second-order valence-corrected chi connectivity index (χ2v) is 6.51. The van der Waals surface area contributed by atoms with Crippen molar-refractivity contribution in [1.29, 1.82) is 0 Å². The summed E-state index contributed by atoms with van der Waals surface area (Å²) in [6, 6.07) is 6.85. The molecular weight excluding hydrogens is 248 g/mol. The van der Waals surface area contributed by atoms with Crippen molar-refractivity contribution < 1.29 is 0 Å². The van der Waals surface area contributed by atoms with E-state index in [1.807, 2.05) is 0 Å². The van der Waals surface area contributed by atoms with Crippen LogP contribution in [-0.2, 0) is 5.41 Å². The zero-order chi connectivity index (χ0) is 11.1. The quantitative estimate of drug-likeness (QED) is 0.657. The van der Waals surface area contributed by atoms with Crippen molar-refractivity contribution in [2.75, 3.05) is 0 Å². The van der Waals surface area contributed by atoms with Crippen molar-refractivity contribution in [3.8, 4) is 0 Å². The lowest BCUT2D eigenvalue weighted by molar-refractivity contribution is 0.490. The van der Waals surface area contributed by atoms with Crippen LogP contribution >= 0.6 is 15.9 Å². The number of rotatable bonds is 1. The highest BCUT2D eigenvalue weighted by molar-refractivity contribution is 9.09. The van der Waals surface area contributed by atoms with Gasteiger partial charge in [-0.25, -0.2) is 0 Å². The Morgan fingerprint density at radius 2 is 2.07 bits per heavy atom. The molecule has 0 nitrogen and oxygen atoms in total. The van der Waals surface area contributed by atoms with Gasteiger partial charge in [0.1, 0.15) is 0 Å². The Kier molecular flexibility index (Phi) is 2.94. The summed E-state index contributed by atoms with van der Waals surface area (Å²) in [6.45, 7) is 6.84. The van der Waals surface area contributed by atoms with Crippen LogP contribution in [0.15, 0.2) is 18.2 Å². The van der Waals surface area contributed by atoms with Crippen LogP contribution in [-0.4, -0.2) is 4.83 Å². The number of alkyl halides is 1. The maximum absolute atomic E-state index is 3.75. The molecule has 0 aromatic heterocycles. The molecule has 1 fully saturated rings. The van der Waals surface area contributed by atoms with Crippen LogP contribution in [0.5, 0.6) is 0 Å². The molecule has 0 heterocycles. The van der Waals surface area contributed by atoms with Crippen LogP contribution in [0.3, 0.4) is 0 Å². The van der Waals surface area contributed by atoms with Crippen LogP contribution in [0.2, 0.25) is 0 Å². The molecule has 0 radical (unpaired) electrons. The van der Waals surface area contributed by atoms with Gasteiger partial charge in [0, 0.05) is 4.83 Å². The number of hydrogen-bond acceptors (Lipinski definition) is 0. The minimum Gasteiger partial charge on any atom is -0.0890 e. The topological polar surface area (TPSA) is 0 Å². The Morgan fingerprint density at radius 1 is 1.33 bits per heavy atom. The molecule has 0 N–H and O–H groups in total. The fraction of sp³-hybridized carbons (Fsp3) is 0.571. The molecule has 82 valence electrons. The van der Waals surface area contributed by atoms with Crippen molar-refractivity contribution >= 4 is 15.9 Å². The normalized spacial score (nSPS) is 30.8. The Morgan fingerprint density at radius 3 is 2.67 bits per heavy atom. The standard InChI is InChI=1S/C14H19Br/c1-10-4-5-11(2)13(8-10)14(3)7-6-12(15)9-14/h4-5,8,12H,6-7,9H2,1-3H3. The third-order valence-corrected chi connectivity index (χ3v) is 4.51. The monoisotopic (exact) mass is 266 g/mol. The minimum atomic E-state index is 0.393. The molecule has 1 aliphatic rings. The van der Waals surface area contributed by atoms with E-state index in [1.165, 1.54) is 30.4 Å². The first-order valence-electron chi connectivity index (χ1n) is 5.73. The van der Waals surface area contributed by atoms with Crippen LogP contribution < -0.4 is 0 Å². The highest BCUT2D eigenvalue weighted by Gasteiger charge is 2.36. The van der Waals surface area contributed by atoms with Crippen molar-refractivity contribution in [2.24, 2.45) is 0 Å². The van der Waals surface area contributed by atoms with Gasteiger partial charge in [0.2, 0.25) is 0 Å². The van der Waals surface area contributed by atoms with Gasteiger partial charge in [-0.2, -0.15) is 0 Å². The number of benzene rings is 1. The number of aryl methyl sites for hydroxylation is 2. The average Bonchev–Trinajstić information content (AvgIpc) is 2.52. The summed E-state index contributed by atoms with van der Waals surface area (Å²) in [7, 11) is 0. The lowest BCUT2D eigenvalue weighted by Gasteiger charge is -2.27. The fourth-order valence-electron chi connectivity index (χ4n) is 2.80. The molecule has 0 bridgehead atoms. The summed E-state index contributed by atoms with van der Waals surface area (Å²) in [5.74, 6) is 0. The van der Waals surface area contributed by atoms with E-state index in [1.54, 1.807) is 5.56 Å².